The minimum absolute atomic E-state index is 0.103. The highest BCUT2D eigenvalue weighted by Crippen LogP contribution is 2.22. The number of carboxylic acids is 1. The van der Waals surface area contributed by atoms with Crippen molar-refractivity contribution in [3.8, 4) is 11.5 Å². The lowest BCUT2D eigenvalue weighted by Crippen LogP contribution is -2.14. The van der Waals surface area contributed by atoms with Crippen LogP contribution in [0, 0.1) is 0 Å². The molecular formula is C18H16O5. The van der Waals surface area contributed by atoms with E-state index in [1.165, 1.54) is 0 Å². The second kappa shape index (κ2) is 7.79. The van der Waals surface area contributed by atoms with Crippen LogP contribution in [0.15, 0.2) is 66.7 Å². The summed E-state index contributed by atoms with van der Waals surface area (Å²) >= 11 is 0. The fraction of sp³-hybridized carbons (Fsp3) is 0.111. The molecule has 0 saturated heterocycles. The molecule has 0 heterocycles. The number of ether oxygens (including phenoxy) is 2. The lowest BCUT2D eigenvalue weighted by molar-refractivity contribution is -0.132. The molecule has 23 heavy (non-hydrogen) atoms. The highest BCUT2D eigenvalue weighted by molar-refractivity contribution is 5.85. The Morgan fingerprint density at radius 2 is 1.61 bits per heavy atom. The predicted octanol–water partition coefficient (Wildman–Crippen LogP) is 3.84. The lowest BCUT2D eigenvalue weighted by atomic mass is 10.0. The molecule has 0 unspecified atom stereocenters. The zero-order valence-corrected chi connectivity index (χ0v) is 12.4. The van der Waals surface area contributed by atoms with E-state index in [2.05, 4.69) is 6.58 Å². The molecular weight excluding hydrogens is 296 g/mol. The smallest absolute Gasteiger partial charge is 0.478 e. The van der Waals surface area contributed by atoms with Gasteiger partial charge in [0.25, 0.3) is 0 Å². The highest BCUT2D eigenvalue weighted by atomic mass is 16.7. The molecule has 2 aromatic rings. The molecule has 0 amide bonds. The van der Waals surface area contributed by atoms with Crippen molar-refractivity contribution in [2.24, 2.45) is 0 Å². The molecule has 5 nitrogen and oxygen atoms in total. The van der Waals surface area contributed by atoms with E-state index in [1.54, 1.807) is 48.5 Å². The van der Waals surface area contributed by atoms with Crippen molar-refractivity contribution in [3.05, 3.63) is 72.3 Å². The Bertz CT molecular complexity index is 706. The van der Waals surface area contributed by atoms with Crippen LogP contribution in [-0.2, 0) is 11.2 Å². The quantitative estimate of drug-likeness (QED) is 0.498. The summed E-state index contributed by atoms with van der Waals surface area (Å²) in [5.74, 6) is -0.312. The van der Waals surface area contributed by atoms with E-state index < -0.39 is 12.1 Å². The molecule has 1 N–H and O–H groups in total. The molecule has 0 aromatic heterocycles. The Kier molecular flexibility index (Phi) is 5.52. The van der Waals surface area contributed by atoms with Gasteiger partial charge in [0.05, 0.1) is 0 Å². The van der Waals surface area contributed by atoms with E-state index in [-0.39, 0.29) is 12.0 Å². The number of carboxylic acid groups (broad SMARTS) is 1. The van der Waals surface area contributed by atoms with Crippen molar-refractivity contribution >= 4 is 12.1 Å². The maximum Gasteiger partial charge on any atom is 0.519 e. The number of carbonyl (C=O) groups excluding carboxylic acids is 1. The largest absolute Gasteiger partial charge is 0.519 e. The number of hydrogen-bond acceptors (Lipinski definition) is 4. The number of para-hydroxylation sites is 2. The molecule has 5 heteroatoms. The summed E-state index contributed by atoms with van der Waals surface area (Å²) in [5.41, 5.74) is 0.812. The third-order valence-corrected chi connectivity index (χ3v) is 3.11. The van der Waals surface area contributed by atoms with E-state index >= 15 is 0 Å². The molecule has 0 saturated carbocycles. The molecule has 0 aliphatic carbocycles. The van der Waals surface area contributed by atoms with Crippen LogP contribution in [0.5, 0.6) is 11.5 Å². The fourth-order valence-corrected chi connectivity index (χ4v) is 1.90. The van der Waals surface area contributed by atoms with Gasteiger partial charge < -0.3 is 14.6 Å². The topological polar surface area (TPSA) is 72.8 Å². The summed E-state index contributed by atoms with van der Waals surface area (Å²) < 4.78 is 10.3. The normalized spacial score (nSPS) is 9.91. The first-order valence-corrected chi connectivity index (χ1v) is 7.00. The molecule has 0 fully saturated rings. The van der Waals surface area contributed by atoms with E-state index in [0.29, 0.717) is 23.5 Å². The Hall–Kier alpha value is -3.08. The maximum atomic E-state index is 11.8. The maximum absolute atomic E-state index is 11.8. The second-order valence-electron chi connectivity index (χ2n) is 4.78. The van der Waals surface area contributed by atoms with Crippen molar-refractivity contribution in [3.63, 3.8) is 0 Å². The zero-order valence-electron chi connectivity index (χ0n) is 12.4. The molecule has 0 radical (unpaired) electrons. The summed E-state index contributed by atoms with van der Waals surface area (Å²) in [6.07, 6.45) is -0.177. The van der Waals surface area contributed by atoms with Gasteiger partial charge in [-0.15, -0.1) is 0 Å². The van der Waals surface area contributed by atoms with Gasteiger partial charge in [0.2, 0.25) is 0 Å². The molecule has 0 aliphatic rings. The average Bonchev–Trinajstić information content (AvgIpc) is 2.54. The van der Waals surface area contributed by atoms with Crippen molar-refractivity contribution in [2.45, 2.75) is 12.8 Å². The van der Waals surface area contributed by atoms with Gasteiger partial charge in [-0.3, -0.25) is 0 Å². The van der Waals surface area contributed by atoms with Crippen molar-refractivity contribution in [1.82, 2.24) is 0 Å². The van der Waals surface area contributed by atoms with Crippen LogP contribution in [0.2, 0.25) is 0 Å². The molecule has 0 spiro atoms. The molecule has 0 aliphatic heterocycles. The Morgan fingerprint density at radius 1 is 0.957 bits per heavy atom. The van der Waals surface area contributed by atoms with Gasteiger partial charge in [-0.25, -0.2) is 9.59 Å². The van der Waals surface area contributed by atoms with E-state index in [9.17, 15) is 9.59 Å². The molecule has 2 rings (SSSR count). The van der Waals surface area contributed by atoms with Crippen LogP contribution in [0.4, 0.5) is 4.79 Å². The van der Waals surface area contributed by atoms with E-state index in [4.69, 9.17) is 14.6 Å². The van der Waals surface area contributed by atoms with Gasteiger partial charge in [0.1, 0.15) is 11.5 Å². The summed E-state index contributed by atoms with van der Waals surface area (Å²) in [6.45, 7) is 3.48. The average molecular weight is 312 g/mol. The van der Waals surface area contributed by atoms with Crippen molar-refractivity contribution in [1.29, 1.82) is 0 Å². The number of hydrogen-bond donors (Lipinski definition) is 1. The monoisotopic (exact) mass is 312 g/mol. The lowest BCUT2D eigenvalue weighted by Gasteiger charge is -2.10. The van der Waals surface area contributed by atoms with Crippen molar-refractivity contribution < 1.29 is 24.2 Å². The van der Waals surface area contributed by atoms with Crippen LogP contribution < -0.4 is 9.47 Å². The van der Waals surface area contributed by atoms with Crippen LogP contribution in [0.25, 0.3) is 0 Å². The Balaban J connectivity index is 2.01. The van der Waals surface area contributed by atoms with Crippen LogP contribution in [-0.4, -0.2) is 17.2 Å². The first kappa shape index (κ1) is 16.3. The van der Waals surface area contributed by atoms with Crippen LogP contribution in [0.3, 0.4) is 0 Å². The predicted molar refractivity (Wildman–Crippen MR) is 84.6 cm³/mol. The summed E-state index contributed by atoms with van der Waals surface area (Å²) in [6, 6.07) is 15.5. The number of carbonyl (C=O) groups is 2. The molecule has 0 atom stereocenters. The van der Waals surface area contributed by atoms with Gasteiger partial charge >= 0.3 is 12.1 Å². The van der Waals surface area contributed by atoms with Gasteiger partial charge in [-0.1, -0.05) is 43.0 Å². The molecule has 118 valence electrons. The van der Waals surface area contributed by atoms with Gasteiger partial charge in [-0.2, -0.15) is 0 Å². The van der Waals surface area contributed by atoms with Crippen LogP contribution in [0.1, 0.15) is 12.0 Å². The molecule has 2 aromatic carbocycles. The summed E-state index contributed by atoms with van der Waals surface area (Å²) in [5, 5.41) is 8.83. The third kappa shape index (κ3) is 5.00. The van der Waals surface area contributed by atoms with E-state index in [0.717, 1.165) is 0 Å². The second-order valence-corrected chi connectivity index (χ2v) is 4.78. The van der Waals surface area contributed by atoms with Crippen LogP contribution >= 0.6 is 0 Å². The summed E-state index contributed by atoms with van der Waals surface area (Å²) in [4.78, 5) is 22.6. The molecule has 0 bridgehead atoms. The minimum Gasteiger partial charge on any atom is -0.478 e. The minimum atomic E-state index is -1.04. The number of aliphatic carboxylic acids is 1. The van der Waals surface area contributed by atoms with Gasteiger partial charge in [-0.05, 0) is 36.6 Å². The highest BCUT2D eigenvalue weighted by Gasteiger charge is 2.12. The number of rotatable bonds is 6. The van der Waals surface area contributed by atoms with Crippen molar-refractivity contribution in [2.75, 3.05) is 0 Å². The third-order valence-electron chi connectivity index (χ3n) is 3.11. The summed E-state index contributed by atoms with van der Waals surface area (Å²) in [7, 11) is 0. The Labute approximate surface area is 133 Å². The standard InChI is InChI=1S/C18H16O5/c1-13(17(19)20)11-12-14-7-5-6-10-16(14)23-18(21)22-15-8-3-2-4-9-15/h2-10H,1,11-12H2,(H,19,20). The SMILES string of the molecule is C=C(CCc1ccccc1OC(=O)Oc1ccccc1)C(=O)O. The Morgan fingerprint density at radius 3 is 2.30 bits per heavy atom. The van der Waals surface area contributed by atoms with E-state index in [1.807, 2.05) is 6.07 Å². The first-order chi connectivity index (χ1) is 11.1. The number of aryl methyl sites for hydroxylation is 1. The van der Waals surface area contributed by atoms with Gasteiger partial charge in [0.15, 0.2) is 0 Å². The number of benzene rings is 2. The fourth-order valence-electron chi connectivity index (χ4n) is 1.90. The van der Waals surface area contributed by atoms with Gasteiger partial charge in [0, 0.05) is 5.57 Å². The zero-order chi connectivity index (χ0) is 16.7. The first-order valence-electron chi connectivity index (χ1n) is 7.00.